The number of sulfonamides is 1. The highest BCUT2D eigenvalue weighted by Gasteiger charge is 2.42. The number of nitrogens with zero attached hydrogens (tertiary/aromatic N) is 3. The molecule has 2 amide bonds. The first-order valence-electron chi connectivity index (χ1n) is 8.51. The molecule has 1 aliphatic rings. The molecule has 13 heteroatoms. The van der Waals surface area contributed by atoms with Crippen LogP contribution in [0.3, 0.4) is 0 Å². The first-order chi connectivity index (χ1) is 14.0. The zero-order chi connectivity index (χ0) is 22.6. The van der Waals surface area contributed by atoms with Crippen molar-refractivity contribution in [1.29, 1.82) is 0 Å². The summed E-state index contributed by atoms with van der Waals surface area (Å²) in [6.45, 7) is 4.08. The van der Waals surface area contributed by atoms with Crippen molar-refractivity contribution in [3.05, 3.63) is 58.7 Å². The Hall–Kier alpha value is -3.29. The van der Waals surface area contributed by atoms with E-state index in [1.165, 1.54) is 31.2 Å². The highest BCUT2D eigenvalue weighted by atomic mass is 32.2. The topological polar surface area (TPSA) is 173 Å². The van der Waals surface area contributed by atoms with Crippen molar-refractivity contribution in [1.82, 2.24) is 9.37 Å². The van der Waals surface area contributed by atoms with Gasteiger partial charge >= 0.3 is 6.09 Å². The average Bonchev–Trinajstić information content (AvgIpc) is 2.67. The number of carbonyl (C=O) groups excluding carboxylic acids is 1. The van der Waals surface area contributed by atoms with Crippen LogP contribution in [0.1, 0.15) is 6.92 Å². The molecule has 0 aliphatic carbocycles. The molecule has 0 saturated heterocycles. The molecule has 162 valence electrons. The van der Waals surface area contributed by atoms with Gasteiger partial charge in [0, 0.05) is 12.6 Å². The fourth-order valence-electron chi connectivity index (χ4n) is 3.09. The number of rotatable bonds is 8. The number of nitrogens with two attached hydrogens (primary N) is 1. The molecule has 0 spiro atoms. The van der Waals surface area contributed by atoms with Gasteiger partial charge in [-0.05, 0) is 18.6 Å². The lowest BCUT2D eigenvalue weighted by molar-refractivity contribution is -0.387. The third-order valence-electron chi connectivity index (χ3n) is 4.26. The second-order valence-electron chi connectivity index (χ2n) is 6.29. The third-order valence-corrected chi connectivity index (χ3v) is 6.02. The Morgan fingerprint density at radius 2 is 2.10 bits per heavy atom. The number of nitro benzene ring substituents is 1. The monoisotopic (exact) mass is 440 g/mol. The molecular formula is C17H20N4O8S. The maximum Gasteiger partial charge on any atom is 0.408 e. The van der Waals surface area contributed by atoms with Crippen LogP contribution in [-0.2, 0) is 19.7 Å². The van der Waals surface area contributed by atoms with Crippen molar-refractivity contribution < 1.29 is 32.9 Å². The Morgan fingerprint density at radius 1 is 1.47 bits per heavy atom. The number of hydrogen-bond acceptors (Lipinski definition) is 7. The Bertz CT molecular complexity index is 1010. The summed E-state index contributed by atoms with van der Waals surface area (Å²) in [5, 5.41) is 20.8. The van der Waals surface area contributed by atoms with E-state index in [9.17, 15) is 33.2 Å². The third kappa shape index (κ3) is 4.48. The Morgan fingerprint density at radius 3 is 2.63 bits per heavy atom. The number of amides is 2. The quantitative estimate of drug-likeness (QED) is 0.340. The van der Waals surface area contributed by atoms with E-state index < -0.39 is 56.2 Å². The van der Waals surface area contributed by atoms with E-state index in [0.717, 1.165) is 12.1 Å². The Balaban J connectivity index is 2.60. The number of carboxylic acid groups (broad SMARTS) is 1. The minimum absolute atomic E-state index is 0.186. The average molecular weight is 440 g/mol. The van der Waals surface area contributed by atoms with Crippen molar-refractivity contribution in [2.75, 3.05) is 13.2 Å². The number of hydrogen-bond donors (Lipinski definition) is 2. The normalized spacial score (nSPS) is 19.3. The molecule has 0 radical (unpaired) electrons. The lowest BCUT2D eigenvalue weighted by Gasteiger charge is -2.38. The van der Waals surface area contributed by atoms with Crippen LogP contribution in [0.4, 0.5) is 10.5 Å². The summed E-state index contributed by atoms with van der Waals surface area (Å²) in [5.41, 5.74) is 4.79. The SMILES string of the molecule is C=CCON([C@@H]1C=C(C)[C@@H](C(N)=O)N(C(=O)O)C1)S(=O)(=O)c1ccccc1[N+](=O)[O-]. The number of carbonyl (C=O) groups is 2. The lowest BCUT2D eigenvalue weighted by atomic mass is 9.99. The van der Waals surface area contributed by atoms with Crippen molar-refractivity contribution in [3.63, 3.8) is 0 Å². The van der Waals surface area contributed by atoms with Gasteiger partial charge in [-0.3, -0.25) is 24.6 Å². The minimum atomic E-state index is -4.62. The Kier molecular flexibility index (Phi) is 6.92. The van der Waals surface area contributed by atoms with Gasteiger partial charge in [0.15, 0.2) is 4.90 Å². The first kappa shape index (κ1) is 23.0. The molecule has 2 rings (SSSR count). The number of nitro groups is 1. The molecule has 12 nitrogen and oxygen atoms in total. The van der Waals surface area contributed by atoms with E-state index in [1.54, 1.807) is 0 Å². The van der Waals surface area contributed by atoms with Gasteiger partial charge in [0.05, 0.1) is 17.6 Å². The summed E-state index contributed by atoms with van der Waals surface area (Å²) in [7, 11) is -4.62. The molecule has 0 saturated carbocycles. The van der Waals surface area contributed by atoms with E-state index in [1.807, 2.05) is 0 Å². The van der Waals surface area contributed by atoms with Crippen molar-refractivity contribution >= 4 is 27.7 Å². The molecule has 1 aromatic rings. The van der Waals surface area contributed by atoms with Gasteiger partial charge in [-0.1, -0.05) is 28.8 Å². The number of para-hydroxylation sites is 1. The van der Waals surface area contributed by atoms with Gasteiger partial charge in [0.2, 0.25) is 5.91 Å². The van der Waals surface area contributed by atoms with E-state index in [2.05, 4.69) is 6.58 Å². The van der Waals surface area contributed by atoms with Gasteiger partial charge < -0.3 is 10.8 Å². The number of benzene rings is 1. The van der Waals surface area contributed by atoms with Gasteiger partial charge in [-0.15, -0.1) is 6.58 Å². The molecule has 30 heavy (non-hydrogen) atoms. The summed E-state index contributed by atoms with van der Waals surface area (Å²) in [6.07, 6.45) is 1.08. The van der Waals surface area contributed by atoms with E-state index in [-0.39, 0.29) is 12.2 Å². The predicted octanol–water partition coefficient (Wildman–Crippen LogP) is 0.866. The van der Waals surface area contributed by atoms with Crippen molar-refractivity contribution in [2.45, 2.75) is 23.9 Å². The summed E-state index contributed by atoms with van der Waals surface area (Å²) in [4.78, 5) is 39.1. The molecule has 0 bridgehead atoms. The van der Waals surface area contributed by atoms with E-state index in [0.29, 0.717) is 9.37 Å². The summed E-state index contributed by atoms with van der Waals surface area (Å²) >= 11 is 0. The van der Waals surface area contributed by atoms with Gasteiger partial charge in [-0.25, -0.2) is 13.2 Å². The maximum absolute atomic E-state index is 13.2. The highest BCUT2D eigenvalue weighted by Crippen LogP contribution is 2.30. The zero-order valence-corrected chi connectivity index (χ0v) is 16.7. The molecule has 2 atom stereocenters. The fraction of sp³-hybridized carbons (Fsp3) is 0.294. The maximum atomic E-state index is 13.2. The standard InChI is InChI=1S/C17H20N4O8S/c1-3-8-29-21(30(27,28)14-7-5-4-6-13(14)20(25)26)12-9-11(2)15(16(18)22)19(10-12)17(23)24/h3-7,9,12,15H,1,8,10H2,2H3,(H2,18,22)(H,23,24)/t12-,15+/m1/s1. The second-order valence-corrected chi connectivity index (χ2v) is 8.04. The minimum Gasteiger partial charge on any atom is -0.465 e. The molecule has 1 aromatic carbocycles. The van der Waals surface area contributed by atoms with Crippen LogP contribution in [0.2, 0.25) is 0 Å². The molecule has 0 fully saturated rings. The van der Waals surface area contributed by atoms with Crippen LogP contribution >= 0.6 is 0 Å². The van der Waals surface area contributed by atoms with Gasteiger partial charge in [0.1, 0.15) is 6.04 Å². The summed E-state index contributed by atoms with van der Waals surface area (Å²) < 4.78 is 27.0. The van der Waals surface area contributed by atoms with Crippen LogP contribution in [-0.4, -0.2) is 65.1 Å². The lowest BCUT2D eigenvalue weighted by Crippen LogP contribution is -2.57. The smallest absolute Gasteiger partial charge is 0.408 e. The largest absolute Gasteiger partial charge is 0.465 e. The molecule has 0 aromatic heterocycles. The second kappa shape index (κ2) is 9.02. The van der Waals surface area contributed by atoms with Crippen LogP contribution in [0.25, 0.3) is 0 Å². The van der Waals surface area contributed by atoms with Crippen LogP contribution < -0.4 is 5.73 Å². The molecule has 1 heterocycles. The fourth-order valence-corrected chi connectivity index (χ4v) is 4.62. The van der Waals surface area contributed by atoms with Crippen LogP contribution in [0.5, 0.6) is 0 Å². The number of primary amides is 1. The summed E-state index contributed by atoms with van der Waals surface area (Å²) in [5.74, 6) is -0.926. The molecule has 1 aliphatic heterocycles. The Labute approximate surface area is 172 Å². The van der Waals surface area contributed by atoms with E-state index >= 15 is 0 Å². The first-order valence-corrected chi connectivity index (χ1v) is 9.95. The molecular weight excluding hydrogens is 420 g/mol. The van der Waals surface area contributed by atoms with Crippen LogP contribution in [0, 0.1) is 10.1 Å². The zero-order valence-electron chi connectivity index (χ0n) is 15.9. The van der Waals surface area contributed by atoms with Crippen molar-refractivity contribution in [3.8, 4) is 0 Å². The summed E-state index contributed by atoms with van der Waals surface area (Å²) in [6, 6.07) is 2.17. The van der Waals surface area contributed by atoms with Crippen LogP contribution in [0.15, 0.2) is 53.5 Å². The number of hydroxylamine groups is 1. The van der Waals surface area contributed by atoms with Crippen molar-refractivity contribution in [2.24, 2.45) is 5.73 Å². The van der Waals surface area contributed by atoms with E-state index in [4.69, 9.17) is 10.6 Å². The van der Waals surface area contributed by atoms with Gasteiger partial charge in [-0.2, -0.15) is 0 Å². The van der Waals surface area contributed by atoms with Gasteiger partial charge in [0.25, 0.3) is 15.7 Å². The predicted molar refractivity (Wildman–Crippen MR) is 104 cm³/mol. The highest BCUT2D eigenvalue weighted by molar-refractivity contribution is 7.89. The molecule has 0 unspecified atom stereocenters. The molecule has 3 N–H and O–H groups in total.